The van der Waals surface area contributed by atoms with E-state index in [-0.39, 0.29) is 0 Å². The Morgan fingerprint density at radius 3 is 1.58 bits per heavy atom. The van der Waals surface area contributed by atoms with Gasteiger partial charge in [-0.2, -0.15) is 0 Å². The minimum atomic E-state index is -2.27. The van der Waals surface area contributed by atoms with Crippen LogP contribution in [0.2, 0.25) is 8.73 Å². The van der Waals surface area contributed by atoms with E-state index in [0.29, 0.717) is 0 Å². The first-order valence-corrected chi connectivity index (χ1v) is 16.6. The molecule has 0 aromatic heterocycles. The van der Waals surface area contributed by atoms with Gasteiger partial charge in [0.2, 0.25) is 0 Å². The van der Waals surface area contributed by atoms with E-state index in [9.17, 15) is 3.39 Å². The first-order valence-electron chi connectivity index (χ1n) is 11.4. The van der Waals surface area contributed by atoms with Crippen molar-refractivity contribution >= 4 is 20.6 Å². The van der Waals surface area contributed by atoms with Crippen LogP contribution in [0.1, 0.15) is 102 Å². The fourth-order valence-electron chi connectivity index (χ4n) is 3.57. The van der Waals surface area contributed by atoms with Crippen molar-refractivity contribution in [1.29, 1.82) is 0 Å². The summed E-state index contributed by atoms with van der Waals surface area (Å²) >= 11 is -2.27. The average Bonchev–Trinajstić information content (AvgIpc) is 2.67. The Kier molecular flexibility index (Phi) is 17.0. The van der Waals surface area contributed by atoms with Crippen LogP contribution >= 0.6 is 0 Å². The van der Waals surface area contributed by atoms with Crippen molar-refractivity contribution in [1.82, 2.24) is 0 Å². The summed E-state index contributed by atoms with van der Waals surface area (Å²) in [7, 11) is 0. The van der Waals surface area contributed by atoms with E-state index >= 15 is 0 Å². The molecule has 1 aromatic carbocycles. The van der Waals surface area contributed by atoms with Crippen LogP contribution in [0.4, 0.5) is 0 Å². The van der Waals surface area contributed by atoms with Crippen LogP contribution in [0.25, 0.3) is 0 Å². The van der Waals surface area contributed by atoms with Gasteiger partial charge in [0.15, 0.2) is 0 Å². The molecule has 0 saturated carbocycles. The normalized spacial score (nSPS) is 12.4. The molecular formula is C24H43OSb. The molecule has 0 aliphatic carbocycles. The predicted octanol–water partition coefficient (Wildman–Crippen LogP) is 6.79. The maximum absolute atomic E-state index is 12.2. The van der Waals surface area contributed by atoms with Crippen molar-refractivity contribution in [3.05, 3.63) is 35.9 Å². The van der Waals surface area contributed by atoms with Crippen molar-refractivity contribution in [2.75, 3.05) is 0 Å². The Morgan fingerprint density at radius 2 is 1.08 bits per heavy atom. The number of unbranched alkanes of at least 4 members (excludes halogenated alkanes) is 13. The second-order valence-electron chi connectivity index (χ2n) is 7.87. The van der Waals surface area contributed by atoms with Gasteiger partial charge in [-0.05, 0) is 0 Å². The molecule has 150 valence electrons. The van der Waals surface area contributed by atoms with Gasteiger partial charge >= 0.3 is 146 Å². The minimum absolute atomic E-state index is 0.991. The van der Waals surface area contributed by atoms with Gasteiger partial charge in [-0.25, -0.2) is 0 Å². The summed E-state index contributed by atoms with van der Waals surface area (Å²) < 4.78 is 14.3. The van der Waals surface area contributed by atoms with Crippen LogP contribution < -0.4 is 3.39 Å². The van der Waals surface area contributed by atoms with E-state index in [4.69, 9.17) is 0 Å². The molecule has 0 N–H and O–H groups in total. The van der Waals surface area contributed by atoms with Gasteiger partial charge in [0.05, 0.1) is 0 Å². The molecule has 1 atom stereocenters. The van der Waals surface area contributed by atoms with Gasteiger partial charge in [-0.1, -0.05) is 26.2 Å². The van der Waals surface area contributed by atoms with Crippen LogP contribution in [-0.2, 0) is 6.42 Å². The summed E-state index contributed by atoms with van der Waals surface area (Å²) in [4.78, 5) is 0. The first-order chi connectivity index (χ1) is 12.8. The van der Waals surface area contributed by atoms with Crippen LogP contribution in [0, 0.1) is 0 Å². The zero-order valence-corrected chi connectivity index (χ0v) is 20.2. The van der Waals surface area contributed by atoms with E-state index < -0.39 is 20.6 Å². The van der Waals surface area contributed by atoms with Gasteiger partial charge in [-0.3, -0.25) is 0 Å². The van der Waals surface area contributed by atoms with Crippen molar-refractivity contribution in [2.24, 2.45) is 0 Å². The quantitative estimate of drug-likeness (QED) is 0.171. The molecule has 0 radical (unpaired) electrons. The van der Waals surface area contributed by atoms with E-state index in [1.54, 1.807) is 0 Å². The molecule has 1 rings (SSSR count). The molecule has 2 heteroatoms. The number of hydrogen-bond acceptors (Lipinski definition) is 1. The van der Waals surface area contributed by atoms with Gasteiger partial charge in [-0.15, -0.1) is 0 Å². The molecule has 0 fully saturated rings. The molecule has 0 saturated heterocycles. The van der Waals surface area contributed by atoms with Crippen molar-refractivity contribution < 1.29 is 3.39 Å². The van der Waals surface area contributed by atoms with E-state index in [0.717, 1.165) is 15.2 Å². The van der Waals surface area contributed by atoms with E-state index in [1.807, 2.05) is 0 Å². The van der Waals surface area contributed by atoms with Crippen LogP contribution in [0.15, 0.2) is 30.3 Å². The average molecular weight is 469 g/mol. The second kappa shape index (κ2) is 18.4. The predicted molar refractivity (Wildman–Crippen MR) is 117 cm³/mol. The van der Waals surface area contributed by atoms with Gasteiger partial charge < -0.3 is 0 Å². The monoisotopic (exact) mass is 468 g/mol. The van der Waals surface area contributed by atoms with Crippen molar-refractivity contribution in [2.45, 2.75) is 112 Å². The zero-order chi connectivity index (χ0) is 18.7. The van der Waals surface area contributed by atoms with Crippen molar-refractivity contribution in [3.8, 4) is 0 Å². The Morgan fingerprint density at radius 1 is 0.615 bits per heavy atom. The summed E-state index contributed by atoms with van der Waals surface area (Å²) in [5.41, 5.74) is 1.35. The van der Waals surface area contributed by atoms with Crippen LogP contribution in [0.3, 0.4) is 0 Å². The molecule has 0 amide bonds. The molecule has 0 bridgehead atoms. The van der Waals surface area contributed by atoms with Crippen molar-refractivity contribution in [3.63, 3.8) is 0 Å². The van der Waals surface area contributed by atoms with Crippen LogP contribution in [0.5, 0.6) is 0 Å². The third-order valence-corrected chi connectivity index (χ3v) is 10.3. The third-order valence-electron chi connectivity index (χ3n) is 5.34. The molecule has 1 nitrogen and oxygen atoms in total. The second-order valence-corrected chi connectivity index (χ2v) is 13.8. The standard InChI is InChI=1S/C16H33.C8H9.O.Sb.H/c1-3-5-7-9-11-13-15-16-14-12-10-8-6-4-2;1-2-8-6-4-3-5-7-8;;;/h1,3-16H2,2H3;3-7H,1-2H2;;;/q;;-1;+1;. The third kappa shape index (κ3) is 15.1. The first kappa shape index (κ1) is 24.0. The summed E-state index contributed by atoms with van der Waals surface area (Å²) in [6, 6.07) is 10.5. The molecular weight excluding hydrogens is 426 g/mol. The molecule has 26 heavy (non-hydrogen) atoms. The van der Waals surface area contributed by atoms with Crippen LogP contribution in [-0.4, -0.2) is 20.6 Å². The fraction of sp³-hybridized carbons (Fsp3) is 0.750. The van der Waals surface area contributed by atoms with Gasteiger partial charge in [0.25, 0.3) is 0 Å². The summed E-state index contributed by atoms with van der Waals surface area (Å²) in [6.07, 6.45) is 20.6. The summed E-state index contributed by atoms with van der Waals surface area (Å²) in [6.45, 7) is 2.29. The Balaban J connectivity index is 1.77. The Labute approximate surface area is 171 Å². The molecule has 1 unspecified atom stereocenters. The van der Waals surface area contributed by atoms with Gasteiger partial charge in [0, 0.05) is 0 Å². The number of rotatable bonds is 18. The SMILES string of the molecule is CCCCCCCCCCCCCCC[CH2][SbH+]([O-])[CH2]Cc1ccccc1. The molecule has 1 aromatic rings. The maximum atomic E-state index is 12.2. The summed E-state index contributed by atoms with van der Waals surface area (Å²) in [5, 5.41) is 0. The van der Waals surface area contributed by atoms with E-state index in [1.165, 1.54) is 95.5 Å². The zero-order valence-electron chi connectivity index (χ0n) is 17.3. The van der Waals surface area contributed by atoms with Gasteiger partial charge in [0.1, 0.15) is 0 Å². The Hall–Kier alpha value is -0.00182. The number of aryl methyl sites for hydroxylation is 1. The molecule has 0 heterocycles. The fourth-order valence-corrected chi connectivity index (χ4v) is 7.74. The molecule has 0 aliphatic heterocycles. The topological polar surface area (TPSA) is 23.1 Å². The molecule has 0 spiro atoms. The molecule has 0 aliphatic rings. The Bertz CT molecular complexity index is 392. The number of hydrogen-bond donors (Lipinski definition) is 0. The summed E-state index contributed by atoms with van der Waals surface area (Å²) in [5.74, 6) is 0. The number of benzene rings is 1. The van der Waals surface area contributed by atoms with E-state index in [2.05, 4.69) is 37.3 Å².